The van der Waals surface area contributed by atoms with Crippen LogP contribution in [0, 0.1) is 5.82 Å². The number of halogens is 3. The van der Waals surface area contributed by atoms with Gasteiger partial charge in [0, 0.05) is 24.4 Å². The van der Waals surface area contributed by atoms with Crippen molar-refractivity contribution in [2.75, 3.05) is 6.54 Å². The first-order valence-electron chi connectivity index (χ1n) is 4.44. The molecule has 1 aliphatic rings. The fraction of sp³-hybridized carbons (Fsp3) is 0.300. The molecule has 1 heterocycles. The van der Waals surface area contributed by atoms with Crippen molar-refractivity contribution in [2.45, 2.75) is 13.0 Å². The fourth-order valence-corrected chi connectivity index (χ4v) is 1.51. The predicted molar refractivity (Wildman–Crippen MR) is 49.2 cm³/mol. The second-order valence-corrected chi connectivity index (χ2v) is 3.14. The first-order chi connectivity index (χ1) is 7.16. The van der Waals surface area contributed by atoms with Crippen LogP contribution in [0.5, 0.6) is 5.75 Å². The molecule has 0 unspecified atom stereocenters. The number of nitrogens with zero attached hydrogens (tertiary/aromatic N) is 1. The normalized spacial score (nSPS) is 14.1. The lowest BCUT2D eigenvalue weighted by atomic mass is 10.0. The van der Waals surface area contributed by atoms with Gasteiger partial charge in [-0.25, -0.2) is 4.39 Å². The van der Waals surface area contributed by atoms with Crippen molar-refractivity contribution in [2.24, 2.45) is 4.99 Å². The van der Waals surface area contributed by atoms with E-state index in [0.717, 1.165) is 6.07 Å². The zero-order valence-corrected chi connectivity index (χ0v) is 7.71. The maximum atomic E-state index is 13.4. The summed E-state index contributed by atoms with van der Waals surface area (Å²) in [7, 11) is 0. The van der Waals surface area contributed by atoms with Gasteiger partial charge in [-0.2, -0.15) is 8.78 Å². The molecular formula is C10H8F3NO. The van der Waals surface area contributed by atoms with Gasteiger partial charge in [0.15, 0.2) is 0 Å². The van der Waals surface area contributed by atoms with Gasteiger partial charge in [-0.1, -0.05) is 0 Å². The number of benzene rings is 1. The van der Waals surface area contributed by atoms with Gasteiger partial charge in [-0.05, 0) is 18.1 Å². The molecule has 5 heteroatoms. The zero-order valence-electron chi connectivity index (χ0n) is 7.71. The summed E-state index contributed by atoms with van der Waals surface area (Å²) in [6.45, 7) is -2.38. The minimum atomic E-state index is -2.93. The van der Waals surface area contributed by atoms with Gasteiger partial charge in [-0.15, -0.1) is 0 Å². The van der Waals surface area contributed by atoms with Crippen molar-refractivity contribution in [3.8, 4) is 5.75 Å². The molecule has 0 saturated heterocycles. The van der Waals surface area contributed by atoms with E-state index in [1.807, 2.05) is 0 Å². The van der Waals surface area contributed by atoms with Gasteiger partial charge in [0.2, 0.25) is 0 Å². The molecule has 2 rings (SSSR count). The Labute approximate surface area is 84.4 Å². The van der Waals surface area contributed by atoms with E-state index < -0.39 is 12.4 Å². The van der Waals surface area contributed by atoms with Crippen LogP contribution in [-0.2, 0) is 6.42 Å². The maximum Gasteiger partial charge on any atom is 0.387 e. The minimum Gasteiger partial charge on any atom is -0.435 e. The lowest BCUT2D eigenvalue weighted by Crippen LogP contribution is -2.08. The molecule has 15 heavy (non-hydrogen) atoms. The molecule has 1 aromatic rings. The van der Waals surface area contributed by atoms with E-state index in [0.29, 0.717) is 24.1 Å². The van der Waals surface area contributed by atoms with Gasteiger partial charge in [0.25, 0.3) is 0 Å². The monoisotopic (exact) mass is 215 g/mol. The summed E-state index contributed by atoms with van der Waals surface area (Å²) in [6, 6.07) is 2.37. The van der Waals surface area contributed by atoms with Gasteiger partial charge in [-0.3, -0.25) is 4.99 Å². The Bertz CT molecular complexity index is 404. The maximum absolute atomic E-state index is 13.4. The van der Waals surface area contributed by atoms with Crippen LogP contribution in [0.1, 0.15) is 11.1 Å². The van der Waals surface area contributed by atoms with Crippen molar-refractivity contribution in [3.05, 3.63) is 29.1 Å². The van der Waals surface area contributed by atoms with Crippen molar-refractivity contribution >= 4 is 6.21 Å². The fourth-order valence-electron chi connectivity index (χ4n) is 1.51. The van der Waals surface area contributed by atoms with Crippen LogP contribution in [0.25, 0.3) is 0 Å². The molecule has 0 aromatic heterocycles. The SMILES string of the molecule is Fc1cc(OC(F)F)cc2c1C=NCC2. The van der Waals surface area contributed by atoms with E-state index in [1.54, 1.807) is 0 Å². The lowest BCUT2D eigenvalue weighted by molar-refractivity contribution is -0.0500. The molecule has 2 nitrogen and oxygen atoms in total. The molecule has 0 saturated carbocycles. The first-order valence-corrected chi connectivity index (χ1v) is 4.44. The topological polar surface area (TPSA) is 21.6 Å². The Morgan fingerprint density at radius 1 is 1.33 bits per heavy atom. The molecule has 0 spiro atoms. The highest BCUT2D eigenvalue weighted by Crippen LogP contribution is 2.24. The van der Waals surface area contributed by atoms with Crippen molar-refractivity contribution < 1.29 is 17.9 Å². The quantitative estimate of drug-likeness (QED) is 0.742. The molecule has 80 valence electrons. The summed E-state index contributed by atoms with van der Waals surface area (Å²) in [5.74, 6) is -0.719. The number of ether oxygens (including phenoxy) is 1. The van der Waals surface area contributed by atoms with Gasteiger partial charge in [0.1, 0.15) is 11.6 Å². The summed E-state index contributed by atoms with van der Waals surface area (Å²) < 4.78 is 41.3. The third-order valence-electron chi connectivity index (χ3n) is 2.14. The largest absolute Gasteiger partial charge is 0.435 e. The third-order valence-corrected chi connectivity index (χ3v) is 2.14. The van der Waals surface area contributed by atoms with Crippen LogP contribution >= 0.6 is 0 Å². The Morgan fingerprint density at radius 3 is 2.87 bits per heavy atom. The molecule has 0 bridgehead atoms. The number of aliphatic imine (C=N–C) groups is 1. The van der Waals surface area contributed by atoms with Crippen molar-refractivity contribution in [3.63, 3.8) is 0 Å². The Kier molecular flexibility index (Phi) is 2.62. The molecule has 1 aliphatic heterocycles. The summed E-state index contributed by atoms with van der Waals surface area (Å²) in [4.78, 5) is 3.92. The summed E-state index contributed by atoms with van der Waals surface area (Å²) in [6.07, 6.45) is 1.96. The molecule has 0 amide bonds. The van der Waals surface area contributed by atoms with Gasteiger partial charge < -0.3 is 4.74 Å². The van der Waals surface area contributed by atoms with E-state index in [2.05, 4.69) is 9.73 Å². The van der Waals surface area contributed by atoms with E-state index in [-0.39, 0.29) is 5.75 Å². The number of hydrogen-bond donors (Lipinski definition) is 0. The lowest BCUT2D eigenvalue weighted by Gasteiger charge is -2.13. The summed E-state index contributed by atoms with van der Waals surface area (Å²) >= 11 is 0. The van der Waals surface area contributed by atoms with Crippen LogP contribution in [-0.4, -0.2) is 19.4 Å². The second kappa shape index (κ2) is 3.92. The van der Waals surface area contributed by atoms with E-state index in [9.17, 15) is 13.2 Å². The predicted octanol–water partition coefficient (Wildman–Crippen LogP) is 2.40. The highest BCUT2D eigenvalue weighted by atomic mass is 19.3. The Morgan fingerprint density at radius 2 is 2.13 bits per heavy atom. The molecule has 0 N–H and O–H groups in total. The Hall–Kier alpha value is -1.52. The second-order valence-electron chi connectivity index (χ2n) is 3.14. The summed E-state index contributed by atoms with van der Waals surface area (Å²) in [5, 5.41) is 0. The smallest absolute Gasteiger partial charge is 0.387 e. The molecule has 1 aromatic carbocycles. The van der Waals surface area contributed by atoms with Crippen molar-refractivity contribution in [1.29, 1.82) is 0 Å². The average Bonchev–Trinajstić information content (AvgIpc) is 2.16. The van der Waals surface area contributed by atoms with Crippen LogP contribution in [0.4, 0.5) is 13.2 Å². The average molecular weight is 215 g/mol. The minimum absolute atomic E-state index is 0.142. The van der Waals surface area contributed by atoms with E-state index in [1.165, 1.54) is 12.3 Å². The molecule has 0 fully saturated rings. The molecular weight excluding hydrogens is 207 g/mol. The van der Waals surface area contributed by atoms with Crippen LogP contribution < -0.4 is 4.74 Å². The highest BCUT2D eigenvalue weighted by Gasteiger charge is 2.14. The molecule has 0 radical (unpaired) electrons. The van der Waals surface area contributed by atoms with Crippen LogP contribution in [0.2, 0.25) is 0 Å². The first kappa shape index (κ1) is 10.0. The standard InChI is InChI=1S/C10H8F3NO/c11-9-4-7(15-10(12)13)3-6-1-2-14-5-8(6)9/h3-5,10H,1-2H2. The zero-order chi connectivity index (χ0) is 10.8. The van der Waals surface area contributed by atoms with Gasteiger partial charge in [0.05, 0.1) is 0 Å². The van der Waals surface area contributed by atoms with E-state index in [4.69, 9.17) is 0 Å². The highest BCUT2D eigenvalue weighted by molar-refractivity contribution is 5.83. The van der Waals surface area contributed by atoms with E-state index >= 15 is 0 Å². The van der Waals surface area contributed by atoms with Crippen LogP contribution in [0.15, 0.2) is 17.1 Å². The van der Waals surface area contributed by atoms with Crippen LogP contribution in [0.3, 0.4) is 0 Å². The number of fused-ring (bicyclic) bond motifs is 1. The van der Waals surface area contributed by atoms with Gasteiger partial charge >= 0.3 is 6.61 Å². The van der Waals surface area contributed by atoms with Crippen molar-refractivity contribution in [1.82, 2.24) is 0 Å². The Balaban J connectivity index is 2.37. The number of rotatable bonds is 2. The molecule has 0 aliphatic carbocycles. The third kappa shape index (κ3) is 2.11. The molecule has 0 atom stereocenters. The number of alkyl halides is 2. The summed E-state index contributed by atoms with van der Waals surface area (Å²) in [5.41, 5.74) is 1.02. The number of hydrogen-bond acceptors (Lipinski definition) is 2.